The van der Waals surface area contributed by atoms with Crippen LogP contribution < -0.4 is 4.74 Å². The highest BCUT2D eigenvalue weighted by Crippen LogP contribution is 2.29. The number of rotatable bonds is 6. The molecule has 4 rings (SSSR count). The summed E-state index contributed by atoms with van der Waals surface area (Å²) in [4.78, 5) is 15.6. The largest absolute Gasteiger partial charge is 0.492 e. The Morgan fingerprint density at radius 2 is 1.96 bits per heavy atom. The number of fused-ring (bicyclic) bond motifs is 1. The number of oxazole rings is 1. The average molecular weight is 347 g/mol. The summed E-state index contributed by atoms with van der Waals surface area (Å²) in [6, 6.07) is 15.1. The number of aldehydes is 1. The SMILES string of the molecule is Cc1oc(-c2ccccc2)nc1CCOc1ccc(C=O)c2occc12. The zero-order valence-corrected chi connectivity index (χ0v) is 14.3. The first-order chi connectivity index (χ1) is 12.8. The van der Waals surface area contributed by atoms with Gasteiger partial charge >= 0.3 is 0 Å². The molecule has 0 aliphatic heterocycles. The molecule has 0 N–H and O–H groups in total. The summed E-state index contributed by atoms with van der Waals surface area (Å²) in [5, 5.41) is 0.788. The number of benzene rings is 2. The number of hydrogen-bond acceptors (Lipinski definition) is 5. The quantitative estimate of drug-likeness (QED) is 0.467. The van der Waals surface area contributed by atoms with Crippen molar-refractivity contribution >= 4 is 17.3 Å². The summed E-state index contributed by atoms with van der Waals surface area (Å²) >= 11 is 0. The number of hydrogen-bond donors (Lipinski definition) is 0. The molecule has 0 spiro atoms. The molecule has 0 saturated heterocycles. The van der Waals surface area contributed by atoms with Crippen LogP contribution in [0.5, 0.6) is 5.75 Å². The number of ether oxygens (including phenoxy) is 1. The lowest BCUT2D eigenvalue weighted by atomic mass is 10.1. The van der Waals surface area contributed by atoms with Gasteiger partial charge in [-0.2, -0.15) is 0 Å². The van der Waals surface area contributed by atoms with Crippen LogP contribution in [0.3, 0.4) is 0 Å². The molecule has 0 aliphatic rings. The number of nitrogens with zero attached hydrogens (tertiary/aromatic N) is 1. The average Bonchev–Trinajstić information content (AvgIpc) is 3.30. The van der Waals surface area contributed by atoms with Crippen LogP contribution in [-0.2, 0) is 6.42 Å². The van der Waals surface area contributed by atoms with Crippen LogP contribution in [-0.4, -0.2) is 17.9 Å². The van der Waals surface area contributed by atoms with E-state index < -0.39 is 0 Å². The maximum absolute atomic E-state index is 11.1. The van der Waals surface area contributed by atoms with Crippen LogP contribution in [0.25, 0.3) is 22.4 Å². The van der Waals surface area contributed by atoms with Crippen LogP contribution in [0.15, 0.2) is 63.6 Å². The predicted octanol–water partition coefficient (Wildman–Crippen LogP) is 4.83. The summed E-state index contributed by atoms with van der Waals surface area (Å²) in [6.07, 6.45) is 2.95. The molecule has 2 heterocycles. The Labute approximate surface area is 150 Å². The molecule has 0 amide bonds. The number of carbonyl (C=O) groups excluding carboxylic acids is 1. The molecule has 0 unspecified atom stereocenters. The minimum atomic E-state index is 0.447. The fourth-order valence-corrected chi connectivity index (χ4v) is 2.90. The monoisotopic (exact) mass is 347 g/mol. The number of carbonyl (C=O) groups is 1. The Kier molecular flexibility index (Phi) is 4.27. The van der Waals surface area contributed by atoms with E-state index in [1.807, 2.05) is 37.3 Å². The van der Waals surface area contributed by atoms with Crippen LogP contribution >= 0.6 is 0 Å². The van der Waals surface area contributed by atoms with E-state index in [0.29, 0.717) is 35.8 Å². The zero-order chi connectivity index (χ0) is 17.9. The first kappa shape index (κ1) is 16.1. The lowest BCUT2D eigenvalue weighted by Crippen LogP contribution is -2.03. The van der Waals surface area contributed by atoms with Crippen LogP contribution in [0.2, 0.25) is 0 Å². The van der Waals surface area contributed by atoms with Gasteiger partial charge in [-0.1, -0.05) is 18.2 Å². The van der Waals surface area contributed by atoms with Gasteiger partial charge in [0, 0.05) is 12.0 Å². The minimum absolute atomic E-state index is 0.447. The van der Waals surface area contributed by atoms with Crippen molar-refractivity contribution in [3.8, 4) is 17.2 Å². The predicted molar refractivity (Wildman–Crippen MR) is 97.5 cm³/mol. The highest BCUT2D eigenvalue weighted by molar-refractivity contribution is 5.97. The highest BCUT2D eigenvalue weighted by atomic mass is 16.5. The Morgan fingerprint density at radius 1 is 1.12 bits per heavy atom. The van der Waals surface area contributed by atoms with Crippen molar-refractivity contribution in [2.24, 2.45) is 0 Å². The van der Waals surface area contributed by atoms with Gasteiger partial charge < -0.3 is 13.6 Å². The minimum Gasteiger partial charge on any atom is -0.492 e. The van der Waals surface area contributed by atoms with E-state index in [0.717, 1.165) is 28.7 Å². The Balaban J connectivity index is 1.48. The van der Waals surface area contributed by atoms with Gasteiger partial charge in [0.2, 0.25) is 5.89 Å². The maximum atomic E-state index is 11.1. The molecule has 0 aliphatic carbocycles. The van der Waals surface area contributed by atoms with Crippen LogP contribution in [0, 0.1) is 6.92 Å². The van der Waals surface area contributed by atoms with Crippen molar-refractivity contribution < 1.29 is 18.4 Å². The summed E-state index contributed by atoms with van der Waals surface area (Å²) < 4.78 is 17.0. The van der Waals surface area contributed by atoms with E-state index in [1.165, 1.54) is 0 Å². The van der Waals surface area contributed by atoms with E-state index >= 15 is 0 Å². The number of aryl methyl sites for hydroxylation is 1. The lowest BCUT2D eigenvalue weighted by molar-refractivity contribution is 0.112. The van der Waals surface area contributed by atoms with Crippen molar-refractivity contribution in [1.82, 2.24) is 4.98 Å². The maximum Gasteiger partial charge on any atom is 0.226 e. The smallest absolute Gasteiger partial charge is 0.226 e. The van der Waals surface area contributed by atoms with E-state index in [2.05, 4.69) is 4.98 Å². The summed E-state index contributed by atoms with van der Waals surface area (Å²) in [5.41, 5.74) is 2.88. The molecule has 0 bridgehead atoms. The second kappa shape index (κ2) is 6.88. The molecular formula is C21H17NO4. The molecule has 26 heavy (non-hydrogen) atoms. The molecular weight excluding hydrogens is 330 g/mol. The van der Waals surface area contributed by atoms with E-state index in [9.17, 15) is 4.79 Å². The van der Waals surface area contributed by atoms with E-state index in [-0.39, 0.29) is 0 Å². The Morgan fingerprint density at radius 3 is 2.77 bits per heavy atom. The summed E-state index contributed by atoms with van der Waals surface area (Å²) in [6.45, 7) is 2.35. The highest BCUT2D eigenvalue weighted by Gasteiger charge is 2.13. The van der Waals surface area contributed by atoms with E-state index in [1.54, 1.807) is 24.5 Å². The molecule has 0 fully saturated rings. The summed E-state index contributed by atoms with van der Waals surface area (Å²) in [5.74, 6) is 2.09. The molecule has 0 atom stereocenters. The third-order valence-electron chi connectivity index (χ3n) is 4.24. The van der Waals surface area contributed by atoms with Crippen LogP contribution in [0.4, 0.5) is 0 Å². The van der Waals surface area contributed by atoms with E-state index in [4.69, 9.17) is 13.6 Å². The molecule has 5 heteroatoms. The van der Waals surface area contributed by atoms with Gasteiger partial charge in [0.15, 0.2) is 6.29 Å². The van der Waals surface area contributed by atoms with Crippen molar-refractivity contribution in [1.29, 1.82) is 0 Å². The normalized spacial score (nSPS) is 11.0. The molecule has 2 aromatic carbocycles. The lowest BCUT2D eigenvalue weighted by Gasteiger charge is -2.07. The Hall–Kier alpha value is -3.34. The zero-order valence-electron chi connectivity index (χ0n) is 14.3. The van der Waals surface area contributed by atoms with Gasteiger partial charge in [-0.3, -0.25) is 4.79 Å². The van der Waals surface area contributed by atoms with Gasteiger partial charge in [0.05, 0.1) is 29.5 Å². The third-order valence-corrected chi connectivity index (χ3v) is 4.24. The molecule has 0 saturated carbocycles. The number of furan rings is 1. The number of aromatic nitrogens is 1. The molecule has 130 valence electrons. The second-order valence-electron chi connectivity index (χ2n) is 5.92. The van der Waals surface area contributed by atoms with Gasteiger partial charge in [0.25, 0.3) is 0 Å². The first-order valence-corrected chi connectivity index (χ1v) is 8.36. The summed E-state index contributed by atoms with van der Waals surface area (Å²) in [7, 11) is 0. The Bertz CT molecular complexity index is 1050. The first-order valence-electron chi connectivity index (χ1n) is 8.36. The second-order valence-corrected chi connectivity index (χ2v) is 5.92. The van der Waals surface area contributed by atoms with Gasteiger partial charge in [0.1, 0.15) is 17.1 Å². The molecule has 0 radical (unpaired) electrons. The van der Waals surface area contributed by atoms with Crippen LogP contribution in [0.1, 0.15) is 21.8 Å². The van der Waals surface area contributed by atoms with Gasteiger partial charge in [-0.05, 0) is 37.3 Å². The van der Waals surface area contributed by atoms with Crippen molar-refractivity contribution in [2.75, 3.05) is 6.61 Å². The third kappa shape index (κ3) is 2.99. The van der Waals surface area contributed by atoms with Crippen molar-refractivity contribution in [2.45, 2.75) is 13.3 Å². The van der Waals surface area contributed by atoms with Crippen molar-refractivity contribution in [3.63, 3.8) is 0 Å². The standard InChI is InChI=1S/C21H17NO4/c1-14-18(22-21(26-14)15-5-3-2-4-6-15)10-12-24-19-8-7-16(13-23)20-17(19)9-11-25-20/h2-9,11,13H,10,12H2,1H3. The van der Waals surface area contributed by atoms with Gasteiger partial charge in [-0.25, -0.2) is 4.98 Å². The molecule has 2 aromatic heterocycles. The van der Waals surface area contributed by atoms with Crippen molar-refractivity contribution in [3.05, 3.63) is 71.8 Å². The fourth-order valence-electron chi connectivity index (χ4n) is 2.90. The topological polar surface area (TPSA) is 65.5 Å². The molecule has 5 nitrogen and oxygen atoms in total. The molecule has 4 aromatic rings. The van der Waals surface area contributed by atoms with Gasteiger partial charge in [-0.15, -0.1) is 0 Å². The fraction of sp³-hybridized carbons (Fsp3) is 0.143.